The van der Waals surface area contributed by atoms with Crippen LogP contribution in [-0.4, -0.2) is 69.8 Å². The number of nitrogens with two attached hydrogens (primary N) is 1. The molecule has 184 valence electrons. The van der Waals surface area contributed by atoms with Crippen LogP contribution in [0, 0.1) is 0 Å². The van der Waals surface area contributed by atoms with Gasteiger partial charge in [0.25, 0.3) is 0 Å². The lowest BCUT2D eigenvalue weighted by Crippen LogP contribution is -2.78. The Kier molecular flexibility index (Phi) is 4.96. The maximum Gasteiger partial charge on any atom is 0.227 e. The van der Waals surface area contributed by atoms with E-state index in [9.17, 15) is 15.0 Å². The first kappa shape index (κ1) is 22.4. The number of phenols is 1. The normalized spacial score (nSPS) is 32.5. The second-order valence-electron chi connectivity index (χ2n) is 10.7. The lowest BCUT2D eigenvalue weighted by Gasteiger charge is -2.64. The lowest BCUT2D eigenvalue weighted by molar-refractivity contribution is -0.198. The highest BCUT2D eigenvalue weighted by atomic mass is 16.5. The van der Waals surface area contributed by atoms with Gasteiger partial charge in [-0.2, -0.15) is 0 Å². The summed E-state index contributed by atoms with van der Waals surface area (Å²) in [5.41, 5.74) is 7.85. The summed E-state index contributed by atoms with van der Waals surface area (Å²) in [5, 5.41) is 23.2. The van der Waals surface area contributed by atoms with Gasteiger partial charge in [-0.1, -0.05) is 24.3 Å². The van der Waals surface area contributed by atoms with Crippen molar-refractivity contribution in [3.8, 4) is 11.5 Å². The van der Waals surface area contributed by atoms with E-state index in [1.165, 1.54) is 0 Å². The number of anilines is 1. The molecule has 2 aliphatic heterocycles. The smallest absolute Gasteiger partial charge is 0.227 e. The molecule has 6 rings (SSSR count). The van der Waals surface area contributed by atoms with Gasteiger partial charge in [0.1, 0.15) is 6.10 Å². The van der Waals surface area contributed by atoms with Crippen LogP contribution in [0.15, 0.2) is 49.1 Å². The van der Waals surface area contributed by atoms with Crippen molar-refractivity contribution in [2.24, 2.45) is 0 Å². The van der Waals surface area contributed by atoms with E-state index >= 15 is 0 Å². The third-order valence-corrected chi connectivity index (χ3v) is 9.10. The molecule has 5 atom stereocenters. The van der Waals surface area contributed by atoms with E-state index in [1.807, 2.05) is 43.5 Å². The molecular formula is C28H33N3O4. The molecule has 2 bridgehead atoms. The van der Waals surface area contributed by atoms with E-state index in [4.69, 9.17) is 10.5 Å². The fourth-order valence-electron chi connectivity index (χ4n) is 7.57. The number of hydrogen-bond acceptors (Lipinski definition) is 6. The zero-order valence-electron chi connectivity index (χ0n) is 20.1. The molecule has 1 saturated heterocycles. The summed E-state index contributed by atoms with van der Waals surface area (Å²) in [7, 11) is 1.83. The van der Waals surface area contributed by atoms with E-state index in [0.29, 0.717) is 37.1 Å². The first-order chi connectivity index (χ1) is 16.8. The molecule has 1 spiro atoms. The fourth-order valence-corrected chi connectivity index (χ4v) is 7.57. The van der Waals surface area contributed by atoms with Crippen LogP contribution >= 0.6 is 0 Å². The lowest BCUT2D eigenvalue weighted by atomic mass is 9.48. The van der Waals surface area contributed by atoms with Crippen LogP contribution in [0.1, 0.15) is 36.0 Å². The average Bonchev–Trinajstić information content (AvgIpc) is 3.18. The van der Waals surface area contributed by atoms with Crippen molar-refractivity contribution in [2.45, 2.75) is 61.3 Å². The van der Waals surface area contributed by atoms with Crippen LogP contribution in [0.2, 0.25) is 0 Å². The number of carbonyl (C=O) groups excluding carboxylic acids is 1. The molecule has 4 N–H and O–H groups in total. The summed E-state index contributed by atoms with van der Waals surface area (Å²) in [4.78, 5) is 17.5. The Labute approximate surface area is 205 Å². The van der Waals surface area contributed by atoms with Gasteiger partial charge in [-0.15, -0.1) is 6.58 Å². The van der Waals surface area contributed by atoms with Crippen molar-refractivity contribution in [2.75, 3.05) is 25.9 Å². The minimum absolute atomic E-state index is 0.0112. The molecule has 35 heavy (non-hydrogen) atoms. The number of carbonyl (C=O) groups is 1. The Morgan fingerprint density at radius 2 is 2.17 bits per heavy atom. The van der Waals surface area contributed by atoms with E-state index in [1.54, 1.807) is 11.0 Å². The molecule has 2 fully saturated rings. The molecule has 2 aliphatic carbocycles. The highest BCUT2D eigenvalue weighted by Gasteiger charge is 2.73. The van der Waals surface area contributed by atoms with E-state index in [-0.39, 0.29) is 30.2 Å². The second kappa shape index (κ2) is 7.73. The molecule has 7 heteroatoms. The Morgan fingerprint density at radius 3 is 2.94 bits per heavy atom. The number of amides is 1. The number of benzene rings is 2. The zero-order valence-corrected chi connectivity index (χ0v) is 20.1. The summed E-state index contributed by atoms with van der Waals surface area (Å²) < 4.78 is 6.56. The highest BCUT2D eigenvalue weighted by Crippen LogP contribution is 2.65. The second-order valence-corrected chi connectivity index (χ2v) is 10.7. The standard InChI is InChI=1S/C28H33N3O4/c1-3-12-31-13-11-27-24-18-7-8-21(32)25(24)35-26(27)20(9-10-28(27,34)22(31)16-18)30(2)23(33)15-17-5-4-6-19(29)14-17/h3-8,14,20,22,26,32,34H,1,9-13,15-16,29H2,2H3/t20-,22-,26+,27+,28-/m1/s1. The Morgan fingerprint density at radius 1 is 1.34 bits per heavy atom. The summed E-state index contributed by atoms with van der Waals surface area (Å²) in [6, 6.07) is 10.8. The molecule has 2 aromatic carbocycles. The SMILES string of the molecule is C=CCN1CC[C@]23c4c5ccc(O)c4O[C@H]2[C@H](N(C)C(=O)Cc2cccc(N)c2)CC[C@@]3(O)[C@H]1C5. The van der Waals surface area contributed by atoms with Gasteiger partial charge in [-0.25, -0.2) is 0 Å². The van der Waals surface area contributed by atoms with Crippen molar-refractivity contribution in [3.05, 3.63) is 65.7 Å². The molecule has 1 amide bonds. The van der Waals surface area contributed by atoms with Crippen LogP contribution < -0.4 is 10.5 Å². The number of rotatable bonds is 5. The van der Waals surface area contributed by atoms with Crippen LogP contribution in [0.5, 0.6) is 11.5 Å². The molecule has 0 aromatic heterocycles. The minimum Gasteiger partial charge on any atom is -0.504 e. The number of piperidine rings is 1. The van der Waals surface area contributed by atoms with E-state index in [2.05, 4.69) is 11.5 Å². The maximum atomic E-state index is 13.4. The Bertz CT molecular complexity index is 1210. The van der Waals surface area contributed by atoms with Crippen molar-refractivity contribution in [1.29, 1.82) is 0 Å². The summed E-state index contributed by atoms with van der Waals surface area (Å²) >= 11 is 0. The summed E-state index contributed by atoms with van der Waals surface area (Å²) in [6.45, 7) is 5.45. The predicted octanol–water partition coefficient (Wildman–Crippen LogP) is 2.38. The number of likely N-dealkylation sites (N-methyl/N-ethyl adjacent to an activating group) is 1. The topological polar surface area (TPSA) is 99.3 Å². The fraction of sp³-hybridized carbons (Fsp3) is 0.464. The molecule has 4 aliphatic rings. The maximum absolute atomic E-state index is 13.4. The number of nitrogen functional groups attached to an aromatic ring is 1. The number of aromatic hydroxyl groups is 1. The van der Waals surface area contributed by atoms with E-state index < -0.39 is 17.1 Å². The van der Waals surface area contributed by atoms with Gasteiger partial charge < -0.3 is 25.6 Å². The number of aliphatic hydroxyl groups is 1. The third kappa shape index (κ3) is 2.94. The van der Waals surface area contributed by atoms with Gasteiger partial charge in [-0.05, 0) is 61.6 Å². The third-order valence-electron chi connectivity index (χ3n) is 9.10. The van der Waals surface area contributed by atoms with Gasteiger partial charge in [0.2, 0.25) is 5.91 Å². The van der Waals surface area contributed by atoms with Gasteiger partial charge in [-0.3, -0.25) is 9.69 Å². The van der Waals surface area contributed by atoms with Gasteiger partial charge >= 0.3 is 0 Å². The van der Waals surface area contributed by atoms with Gasteiger partial charge in [0.15, 0.2) is 11.5 Å². The number of ether oxygens (including phenoxy) is 1. The highest BCUT2D eigenvalue weighted by molar-refractivity contribution is 5.79. The Balaban J connectivity index is 1.40. The van der Waals surface area contributed by atoms with Crippen LogP contribution in [0.4, 0.5) is 5.69 Å². The minimum atomic E-state index is -1.00. The summed E-state index contributed by atoms with van der Waals surface area (Å²) in [6.07, 6.45) is 4.34. The monoisotopic (exact) mass is 475 g/mol. The van der Waals surface area contributed by atoms with Crippen LogP contribution in [-0.2, 0) is 23.1 Å². The molecule has 2 heterocycles. The van der Waals surface area contributed by atoms with Crippen LogP contribution in [0.25, 0.3) is 0 Å². The summed E-state index contributed by atoms with van der Waals surface area (Å²) in [5.74, 6) is 0.586. The number of hydrogen-bond donors (Lipinski definition) is 3. The first-order valence-electron chi connectivity index (χ1n) is 12.5. The van der Waals surface area contributed by atoms with E-state index in [0.717, 1.165) is 29.8 Å². The van der Waals surface area contributed by atoms with Crippen molar-refractivity contribution in [3.63, 3.8) is 0 Å². The largest absolute Gasteiger partial charge is 0.504 e. The molecular weight excluding hydrogens is 442 g/mol. The van der Waals surface area contributed by atoms with Crippen molar-refractivity contribution in [1.82, 2.24) is 9.80 Å². The first-order valence-corrected chi connectivity index (χ1v) is 12.5. The number of likely N-dealkylation sites (tertiary alicyclic amines) is 1. The molecule has 0 unspecified atom stereocenters. The number of nitrogens with zero attached hydrogens (tertiary/aromatic N) is 2. The van der Waals surface area contributed by atoms with Gasteiger partial charge in [0, 0.05) is 30.9 Å². The molecule has 2 aromatic rings. The van der Waals surface area contributed by atoms with Crippen molar-refractivity contribution >= 4 is 11.6 Å². The molecule has 1 saturated carbocycles. The van der Waals surface area contributed by atoms with Crippen LogP contribution in [0.3, 0.4) is 0 Å². The predicted molar refractivity (Wildman–Crippen MR) is 133 cm³/mol. The van der Waals surface area contributed by atoms with Crippen molar-refractivity contribution < 1.29 is 19.7 Å². The number of phenolic OH excluding ortho intramolecular Hbond substituents is 1. The zero-order chi connectivity index (χ0) is 24.5. The Hall–Kier alpha value is -3.03. The average molecular weight is 476 g/mol. The molecule has 7 nitrogen and oxygen atoms in total. The molecule has 0 radical (unpaired) electrons. The quantitative estimate of drug-likeness (QED) is 0.454. The van der Waals surface area contributed by atoms with Gasteiger partial charge in [0.05, 0.1) is 23.5 Å².